The van der Waals surface area contributed by atoms with Crippen LogP contribution in [-0.2, 0) is 17.6 Å². The van der Waals surface area contributed by atoms with E-state index in [4.69, 9.17) is 14.2 Å². The van der Waals surface area contributed by atoms with Crippen LogP contribution in [0.2, 0.25) is 0 Å². The first-order chi connectivity index (χ1) is 19.9. The van der Waals surface area contributed by atoms with E-state index in [0.717, 1.165) is 38.7 Å². The lowest BCUT2D eigenvalue weighted by atomic mass is 10.00. The summed E-state index contributed by atoms with van der Waals surface area (Å²) >= 11 is 1.49. The molecule has 0 aliphatic carbocycles. The highest BCUT2D eigenvalue weighted by atomic mass is 32.2. The van der Waals surface area contributed by atoms with Gasteiger partial charge in [-0.3, -0.25) is 0 Å². The molecule has 0 heterocycles. The van der Waals surface area contributed by atoms with Crippen LogP contribution in [0.25, 0.3) is 11.1 Å². The number of hydrogen-bond acceptors (Lipinski definition) is 6. The molecule has 0 aromatic heterocycles. The van der Waals surface area contributed by atoms with E-state index in [2.05, 4.69) is 6.58 Å². The van der Waals surface area contributed by atoms with Crippen LogP contribution < -0.4 is 9.47 Å². The van der Waals surface area contributed by atoms with Crippen LogP contribution >= 0.6 is 11.8 Å². The summed E-state index contributed by atoms with van der Waals surface area (Å²) in [5, 5.41) is 10.6. The number of aromatic hydroxyl groups is 1. The van der Waals surface area contributed by atoms with E-state index in [1.54, 1.807) is 24.3 Å². The van der Waals surface area contributed by atoms with Gasteiger partial charge in [0.05, 0.1) is 25.9 Å². The fourth-order valence-corrected chi connectivity index (χ4v) is 5.48. The predicted octanol–water partition coefficient (Wildman–Crippen LogP) is 8.27. The maximum atomic E-state index is 13.3. The second-order valence-electron chi connectivity index (χ2n) is 9.20. The molecule has 0 atom stereocenters. The van der Waals surface area contributed by atoms with Gasteiger partial charge in [0.15, 0.2) is 0 Å². The van der Waals surface area contributed by atoms with E-state index in [1.165, 1.54) is 31.0 Å². The van der Waals surface area contributed by atoms with Gasteiger partial charge in [0.2, 0.25) is 0 Å². The molecule has 0 amide bonds. The van der Waals surface area contributed by atoms with E-state index >= 15 is 0 Å². The summed E-state index contributed by atoms with van der Waals surface area (Å²) < 4.78 is 30.5. The number of benzene rings is 4. The maximum Gasteiger partial charge on any atom is 0.339 e. The molecule has 0 bridgehead atoms. The van der Waals surface area contributed by atoms with Crippen molar-refractivity contribution < 1.29 is 28.5 Å². The van der Waals surface area contributed by atoms with E-state index in [-0.39, 0.29) is 17.5 Å². The van der Waals surface area contributed by atoms with Gasteiger partial charge in [-0.1, -0.05) is 55.1 Å². The van der Waals surface area contributed by atoms with Crippen LogP contribution in [0.5, 0.6) is 17.2 Å². The molecule has 1 N–H and O–H groups in total. The topological polar surface area (TPSA) is 65.0 Å². The number of carbonyl (C=O) groups excluding carboxylic acids is 1. The lowest BCUT2D eigenvalue weighted by Crippen LogP contribution is -2.07. The summed E-state index contributed by atoms with van der Waals surface area (Å²) in [6.07, 6.45) is 3.78. The van der Waals surface area contributed by atoms with Gasteiger partial charge >= 0.3 is 5.97 Å². The second kappa shape index (κ2) is 14.4. The third-order valence-corrected chi connectivity index (χ3v) is 7.65. The van der Waals surface area contributed by atoms with Crippen LogP contribution in [0.1, 0.15) is 34.8 Å². The Bertz CT molecular complexity index is 1500. The van der Waals surface area contributed by atoms with Crippen molar-refractivity contribution in [3.05, 3.63) is 114 Å². The zero-order valence-electron chi connectivity index (χ0n) is 23.2. The summed E-state index contributed by atoms with van der Waals surface area (Å²) in [7, 11) is 1.37. The number of methoxy groups -OCH3 is 1. The lowest BCUT2D eigenvalue weighted by molar-refractivity contribution is 0.0596. The minimum Gasteiger partial charge on any atom is -0.507 e. The molecule has 4 aromatic carbocycles. The number of carbonyl (C=O) groups is 1. The van der Waals surface area contributed by atoms with Crippen molar-refractivity contribution >= 4 is 17.7 Å². The first-order valence-corrected chi connectivity index (χ1v) is 14.2. The molecule has 0 fully saturated rings. The number of allylic oxidation sites excluding steroid dienone is 1. The van der Waals surface area contributed by atoms with Crippen LogP contribution in [0.3, 0.4) is 0 Å². The molecule has 0 saturated carbocycles. The maximum absolute atomic E-state index is 13.3. The quantitative estimate of drug-likeness (QED) is 0.0988. The summed E-state index contributed by atoms with van der Waals surface area (Å²) in [4.78, 5) is 14.0. The van der Waals surface area contributed by atoms with Crippen molar-refractivity contribution in [3.8, 4) is 28.4 Å². The number of phenolic OH excluding ortho intramolecular Hbond substituents is 1. The van der Waals surface area contributed by atoms with Crippen LogP contribution in [0.15, 0.2) is 101 Å². The molecule has 4 rings (SSSR count). The molecule has 4 aromatic rings. The molecule has 0 spiro atoms. The highest BCUT2D eigenvalue weighted by Crippen LogP contribution is 2.38. The lowest BCUT2D eigenvalue weighted by Gasteiger charge is -2.16. The average Bonchev–Trinajstić information content (AvgIpc) is 2.99. The van der Waals surface area contributed by atoms with Gasteiger partial charge < -0.3 is 19.3 Å². The summed E-state index contributed by atoms with van der Waals surface area (Å²) in [5.74, 6) is 0.747. The Balaban J connectivity index is 1.41. The van der Waals surface area contributed by atoms with Gasteiger partial charge in [0.1, 0.15) is 23.1 Å². The third kappa shape index (κ3) is 7.50. The SMILES string of the molecule is C=CCc1c(OCCCOc2cc(O)c(-c3ccc(F)cc3)cc2CC)cccc1Sc1ccccc1C(=O)OC. The summed E-state index contributed by atoms with van der Waals surface area (Å²) in [6, 6.07) is 22.8. The van der Waals surface area contributed by atoms with E-state index < -0.39 is 0 Å². The van der Waals surface area contributed by atoms with Gasteiger partial charge in [-0.25, -0.2) is 9.18 Å². The normalized spacial score (nSPS) is 10.7. The van der Waals surface area contributed by atoms with Crippen molar-refractivity contribution in [3.63, 3.8) is 0 Å². The molecule has 7 heteroatoms. The van der Waals surface area contributed by atoms with Gasteiger partial charge in [0.25, 0.3) is 0 Å². The second-order valence-corrected chi connectivity index (χ2v) is 10.3. The van der Waals surface area contributed by atoms with E-state index in [0.29, 0.717) is 42.9 Å². The largest absolute Gasteiger partial charge is 0.507 e. The molecule has 0 aliphatic heterocycles. The smallest absolute Gasteiger partial charge is 0.339 e. The molecular formula is C34H33FO5S. The van der Waals surface area contributed by atoms with Gasteiger partial charge in [-0.2, -0.15) is 0 Å². The van der Waals surface area contributed by atoms with Crippen molar-refractivity contribution in [2.24, 2.45) is 0 Å². The van der Waals surface area contributed by atoms with Crippen molar-refractivity contribution in [1.29, 1.82) is 0 Å². The van der Waals surface area contributed by atoms with Crippen molar-refractivity contribution in [2.75, 3.05) is 20.3 Å². The summed E-state index contributed by atoms with van der Waals surface area (Å²) in [5.41, 5.74) is 3.83. The monoisotopic (exact) mass is 572 g/mol. The number of ether oxygens (including phenoxy) is 3. The molecule has 212 valence electrons. The molecule has 5 nitrogen and oxygen atoms in total. The highest BCUT2D eigenvalue weighted by molar-refractivity contribution is 7.99. The molecule has 0 saturated heterocycles. The van der Waals surface area contributed by atoms with Crippen molar-refractivity contribution in [1.82, 2.24) is 0 Å². The van der Waals surface area contributed by atoms with Gasteiger partial charge in [-0.05, 0) is 66.4 Å². The zero-order valence-corrected chi connectivity index (χ0v) is 24.0. The van der Waals surface area contributed by atoms with Gasteiger partial charge in [0, 0.05) is 33.4 Å². The molecule has 41 heavy (non-hydrogen) atoms. The Labute approximate surface area is 244 Å². The number of rotatable bonds is 13. The number of halogens is 1. The third-order valence-electron chi connectivity index (χ3n) is 6.47. The Morgan fingerprint density at radius 2 is 1.66 bits per heavy atom. The minimum atomic E-state index is -0.379. The summed E-state index contributed by atoms with van der Waals surface area (Å²) in [6.45, 7) is 6.76. The van der Waals surface area contributed by atoms with E-state index in [1.807, 2.05) is 55.5 Å². The standard InChI is InChI=1S/C34H33FO5S/c1-4-10-26-30(12-8-14-32(26)41-33-13-7-6-11-27(33)34(37)38-3)39-19-9-20-40-31-22-29(36)28(21-23(31)5-2)24-15-17-25(35)18-16-24/h4,6-8,11-18,21-22,36H,1,5,9-10,19-20H2,2-3H3. The minimum absolute atomic E-state index is 0.0808. The number of hydrogen-bond donors (Lipinski definition) is 1. The first-order valence-electron chi connectivity index (χ1n) is 13.4. The highest BCUT2D eigenvalue weighted by Gasteiger charge is 2.16. The Hall–Kier alpha value is -4.23. The van der Waals surface area contributed by atoms with Crippen LogP contribution in [0, 0.1) is 5.82 Å². The number of aryl methyl sites for hydroxylation is 1. The average molecular weight is 573 g/mol. The molecule has 0 unspecified atom stereocenters. The fraction of sp³-hybridized carbons (Fsp3) is 0.206. The Morgan fingerprint density at radius 3 is 2.37 bits per heavy atom. The number of esters is 1. The number of phenols is 1. The Kier molecular flexibility index (Phi) is 10.5. The molecule has 0 radical (unpaired) electrons. The van der Waals surface area contributed by atoms with Crippen molar-refractivity contribution in [2.45, 2.75) is 36.0 Å². The Morgan fingerprint density at radius 1 is 0.951 bits per heavy atom. The first kappa shape index (κ1) is 29.7. The molecular weight excluding hydrogens is 539 g/mol. The van der Waals surface area contributed by atoms with Gasteiger partial charge in [-0.15, -0.1) is 6.58 Å². The molecule has 0 aliphatic rings. The zero-order chi connectivity index (χ0) is 29.2. The predicted molar refractivity (Wildman–Crippen MR) is 161 cm³/mol. The van der Waals surface area contributed by atoms with Crippen LogP contribution in [-0.4, -0.2) is 31.4 Å². The fourth-order valence-electron chi connectivity index (χ4n) is 4.38. The van der Waals surface area contributed by atoms with E-state index in [9.17, 15) is 14.3 Å². The van der Waals surface area contributed by atoms with Crippen LogP contribution in [0.4, 0.5) is 4.39 Å².